The SMILES string of the molecule is O=P([O-])([O-])CN(CP(=O)([O-])O)CP(=O)(O)O.[K+].[K+].[K+]. The molecule has 1 atom stereocenters. The van der Waals surface area contributed by atoms with Gasteiger partial charge >= 0.3 is 162 Å². The van der Waals surface area contributed by atoms with E-state index in [1.807, 2.05) is 0 Å². The number of nitrogens with zero attached hydrogens (tertiary/aromatic N) is 1. The van der Waals surface area contributed by atoms with Gasteiger partial charge in [-0.2, -0.15) is 0 Å². The van der Waals surface area contributed by atoms with E-state index in [-0.39, 0.29) is 159 Å². The predicted molar refractivity (Wildman–Crippen MR) is 45.9 cm³/mol. The van der Waals surface area contributed by atoms with Gasteiger partial charge < -0.3 is 38.5 Å². The molecular formula is C3H9K3NO9P3. The molecule has 16 heteroatoms. The number of rotatable bonds is 6. The Morgan fingerprint density at radius 1 is 0.789 bits per heavy atom. The van der Waals surface area contributed by atoms with Gasteiger partial charge in [-0.1, -0.05) is 7.60 Å². The molecule has 0 aromatic heterocycles. The minimum absolute atomic E-state index is 0. The van der Waals surface area contributed by atoms with Gasteiger partial charge in [-0.15, -0.1) is 0 Å². The minimum Gasteiger partial charge on any atom is -0.810 e. The molecule has 0 saturated carbocycles. The molecule has 0 amide bonds. The number of hydrogen-bond acceptors (Lipinski definition) is 7. The monoisotopic (exact) mass is 413 g/mol. The quantitative estimate of drug-likeness (QED) is 0.279. The van der Waals surface area contributed by atoms with E-state index in [0.29, 0.717) is 0 Å². The smallest absolute Gasteiger partial charge is 0.810 e. The van der Waals surface area contributed by atoms with Crippen LogP contribution in [0.4, 0.5) is 0 Å². The maximum Gasteiger partial charge on any atom is 1.00 e. The van der Waals surface area contributed by atoms with Crippen LogP contribution in [0.15, 0.2) is 0 Å². The van der Waals surface area contributed by atoms with Gasteiger partial charge in [0.1, 0.15) is 13.9 Å². The maximum atomic E-state index is 10.5. The largest absolute Gasteiger partial charge is 1.00 e. The molecule has 1 unspecified atom stereocenters. The van der Waals surface area contributed by atoms with E-state index >= 15 is 0 Å². The van der Waals surface area contributed by atoms with Crippen LogP contribution in [0.1, 0.15) is 0 Å². The van der Waals surface area contributed by atoms with E-state index in [9.17, 15) is 28.4 Å². The van der Waals surface area contributed by atoms with Crippen molar-refractivity contribution in [2.24, 2.45) is 0 Å². The fourth-order valence-corrected chi connectivity index (χ4v) is 3.48. The molecule has 98 valence electrons. The summed E-state index contributed by atoms with van der Waals surface area (Å²) in [6.07, 6.45) is -3.98. The first-order valence-electron chi connectivity index (χ1n) is 3.59. The van der Waals surface area contributed by atoms with Gasteiger partial charge in [0.25, 0.3) is 0 Å². The fourth-order valence-electron chi connectivity index (χ4n) is 0.892. The van der Waals surface area contributed by atoms with Crippen LogP contribution >= 0.6 is 22.8 Å². The van der Waals surface area contributed by atoms with E-state index in [0.717, 1.165) is 0 Å². The summed E-state index contributed by atoms with van der Waals surface area (Å²) in [6, 6.07) is 0. The Morgan fingerprint density at radius 2 is 1.16 bits per heavy atom. The van der Waals surface area contributed by atoms with Gasteiger partial charge in [0, 0.05) is 6.29 Å². The standard InChI is InChI=1S/C3H12NO9P3.3K/c5-14(6,7)1-4(2-15(8,9)10)3-16(11,12)13;;;/h1-3H2,(H2,5,6,7)(H2,8,9,10)(H2,11,12,13);;;/q;3*+1/p-3. The van der Waals surface area contributed by atoms with Gasteiger partial charge in [-0.25, -0.2) is 0 Å². The third-order valence-corrected chi connectivity index (χ3v) is 3.41. The van der Waals surface area contributed by atoms with Gasteiger partial charge in [0.15, 0.2) is 0 Å². The molecule has 0 aromatic rings. The third-order valence-electron chi connectivity index (χ3n) is 1.14. The summed E-state index contributed by atoms with van der Waals surface area (Å²) in [5.74, 6) is 0. The van der Waals surface area contributed by atoms with Crippen LogP contribution in [-0.2, 0) is 13.7 Å². The van der Waals surface area contributed by atoms with Crippen molar-refractivity contribution in [1.82, 2.24) is 4.90 Å². The van der Waals surface area contributed by atoms with Crippen molar-refractivity contribution < 1.29 is 197 Å². The summed E-state index contributed by atoms with van der Waals surface area (Å²) in [5.41, 5.74) is 0. The second-order valence-electron chi connectivity index (χ2n) is 3.01. The van der Waals surface area contributed by atoms with Crippen molar-refractivity contribution in [3.63, 3.8) is 0 Å². The van der Waals surface area contributed by atoms with E-state index in [1.54, 1.807) is 0 Å². The summed E-state index contributed by atoms with van der Waals surface area (Å²) >= 11 is 0. The topological polar surface area (TPSA) is 184 Å². The average molecular weight is 413 g/mol. The van der Waals surface area contributed by atoms with E-state index < -0.39 is 41.6 Å². The van der Waals surface area contributed by atoms with Crippen molar-refractivity contribution in [2.45, 2.75) is 0 Å². The normalized spacial score (nSPS) is 14.7. The molecule has 0 aliphatic heterocycles. The molecule has 19 heavy (non-hydrogen) atoms. The molecule has 0 bridgehead atoms. The molecule has 0 heterocycles. The molecule has 0 rings (SSSR count). The van der Waals surface area contributed by atoms with Crippen molar-refractivity contribution in [2.75, 3.05) is 18.9 Å². The molecule has 0 saturated heterocycles. The first kappa shape index (κ1) is 32.0. The van der Waals surface area contributed by atoms with Crippen molar-refractivity contribution >= 4 is 22.8 Å². The molecule has 3 N–H and O–H groups in total. The van der Waals surface area contributed by atoms with Crippen molar-refractivity contribution in [1.29, 1.82) is 0 Å². The Morgan fingerprint density at radius 3 is 1.37 bits per heavy atom. The summed E-state index contributed by atoms with van der Waals surface area (Å²) in [5, 5.41) is 0. The van der Waals surface area contributed by atoms with Gasteiger partial charge in [0.2, 0.25) is 0 Å². The Kier molecular flexibility index (Phi) is 22.8. The van der Waals surface area contributed by atoms with Crippen LogP contribution in [0.3, 0.4) is 0 Å². The zero-order chi connectivity index (χ0) is 13.2. The second kappa shape index (κ2) is 13.5. The van der Waals surface area contributed by atoms with E-state index in [4.69, 9.17) is 14.7 Å². The number of hydrogen-bond donors (Lipinski definition) is 3. The second-order valence-corrected chi connectivity index (χ2v) is 7.68. The van der Waals surface area contributed by atoms with Crippen molar-refractivity contribution in [3.05, 3.63) is 0 Å². The van der Waals surface area contributed by atoms with E-state index in [2.05, 4.69) is 0 Å². The third kappa shape index (κ3) is 25.7. The summed E-state index contributed by atoms with van der Waals surface area (Å²) < 4.78 is 31.2. The molecule has 0 spiro atoms. The van der Waals surface area contributed by atoms with E-state index in [1.165, 1.54) is 0 Å². The summed E-state index contributed by atoms with van der Waals surface area (Å²) in [7, 11) is -14.9. The zero-order valence-corrected chi connectivity index (χ0v) is 22.8. The molecule has 0 aliphatic rings. The Bertz CT molecular complexity index is 317. The Balaban J connectivity index is -0.000000375. The van der Waals surface area contributed by atoms with Crippen LogP contribution in [0.2, 0.25) is 0 Å². The molecule has 0 radical (unpaired) electrons. The van der Waals surface area contributed by atoms with Crippen LogP contribution in [-0.4, -0.2) is 38.4 Å². The Hall–Kier alpha value is 5.32. The average Bonchev–Trinajstić information content (AvgIpc) is 1.70. The van der Waals surface area contributed by atoms with Crippen LogP contribution < -0.4 is 169 Å². The van der Waals surface area contributed by atoms with Crippen molar-refractivity contribution in [3.8, 4) is 0 Å². The van der Waals surface area contributed by atoms with Crippen LogP contribution in [0, 0.1) is 0 Å². The Labute approximate surface area is 237 Å². The fraction of sp³-hybridized carbons (Fsp3) is 1.00. The molecule has 10 nitrogen and oxygen atoms in total. The first-order valence-corrected chi connectivity index (χ1v) is 8.88. The zero-order valence-electron chi connectivity index (χ0n) is 10.7. The van der Waals surface area contributed by atoms with Crippen LogP contribution in [0.25, 0.3) is 0 Å². The molecule has 0 aromatic carbocycles. The molecular weight excluding hydrogens is 404 g/mol. The molecule has 0 fully saturated rings. The predicted octanol–water partition coefficient (Wildman–Crippen LogP) is -12.2. The minimum atomic E-state index is -5.18. The van der Waals surface area contributed by atoms with Gasteiger partial charge in [0.05, 0.1) is 6.29 Å². The van der Waals surface area contributed by atoms with Crippen LogP contribution in [0.5, 0.6) is 0 Å². The molecule has 0 aliphatic carbocycles. The van der Waals surface area contributed by atoms with Gasteiger partial charge in [-0.3, -0.25) is 9.46 Å². The summed E-state index contributed by atoms with van der Waals surface area (Å²) in [6.45, 7) is 0. The maximum absolute atomic E-state index is 10.5. The summed E-state index contributed by atoms with van der Waals surface area (Å²) in [4.78, 5) is 56.6. The van der Waals surface area contributed by atoms with Gasteiger partial charge in [-0.05, 0) is 0 Å². The first-order chi connectivity index (χ1) is 6.79.